The fourth-order valence-corrected chi connectivity index (χ4v) is 1.46. The Bertz CT molecular complexity index is 317. The summed E-state index contributed by atoms with van der Waals surface area (Å²) in [6.45, 7) is -1.04. The zero-order chi connectivity index (χ0) is 10.0. The van der Waals surface area contributed by atoms with Crippen LogP contribution in [0.4, 0.5) is 13.2 Å². The number of alkyl halides is 1. The minimum atomic E-state index is -1.43. The largest absolute Gasteiger partial charge is 0.386 e. The van der Waals surface area contributed by atoms with Gasteiger partial charge in [-0.15, -0.1) is 0 Å². The van der Waals surface area contributed by atoms with Gasteiger partial charge in [-0.05, 0) is 12.1 Å². The van der Waals surface area contributed by atoms with E-state index in [-0.39, 0.29) is 10.0 Å². The van der Waals surface area contributed by atoms with Gasteiger partial charge in [-0.1, -0.05) is 15.9 Å². The van der Waals surface area contributed by atoms with Crippen molar-refractivity contribution in [3.05, 3.63) is 33.8 Å². The van der Waals surface area contributed by atoms with Crippen molar-refractivity contribution in [2.24, 2.45) is 0 Å². The lowest BCUT2D eigenvalue weighted by molar-refractivity contribution is 0.140. The second kappa shape index (κ2) is 4.11. The first-order chi connectivity index (χ1) is 6.06. The number of aliphatic hydroxyl groups is 1. The summed E-state index contributed by atoms with van der Waals surface area (Å²) in [5, 5.41) is 9.03. The van der Waals surface area contributed by atoms with E-state index in [1.807, 2.05) is 0 Å². The maximum atomic E-state index is 12.6. The summed E-state index contributed by atoms with van der Waals surface area (Å²) in [6, 6.07) is 1.62. The van der Waals surface area contributed by atoms with Crippen molar-refractivity contribution in [2.45, 2.75) is 6.10 Å². The van der Waals surface area contributed by atoms with Crippen molar-refractivity contribution in [3.63, 3.8) is 0 Å². The molecule has 0 aliphatic rings. The Kier molecular flexibility index (Phi) is 3.33. The predicted octanol–water partition coefficient (Wildman–Crippen LogP) is 2.73. The van der Waals surface area contributed by atoms with Crippen molar-refractivity contribution in [1.29, 1.82) is 0 Å². The summed E-state index contributed by atoms with van der Waals surface area (Å²) in [4.78, 5) is 0. The molecule has 0 bridgehead atoms. The summed E-state index contributed by atoms with van der Waals surface area (Å²) in [5.74, 6) is -2.15. The lowest BCUT2D eigenvalue weighted by atomic mass is 10.1. The first-order valence-electron chi connectivity index (χ1n) is 3.44. The van der Waals surface area contributed by atoms with Crippen LogP contribution in [-0.4, -0.2) is 11.8 Å². The first-order valence-corrected chi connectivity index (χ1v) is 4.24. The van der Waals surface area contributed by atoms with Gasteiger partial charge in [-0.3, -0.25) is 0 Å². The smallest absolute Gasteiger partial charge is 0.159 e. The molecule has 0 heterocycles. The monoisotopic (exact) mass is 254 g/mol. The minimum absolute atomic E-state index is 0.00130. The second-order valence-electron chi connectivity index (χ2n) is 2.46. The van der Waals surface area contributed by atoms with Gasteiger partial charge in [0.05, 0.1) is 0 Å². The summed E-state index contributed by atoms with van der Waals surface area (Å²) >= 11 is 2.89. The van der Waals surface area contributed by atoms with Crippen LogP contribution in [0, 0.1) is 11.6 Å². The highest BCUT2D eigenvalue weighted by molar-refractivity contribution is 9.10. The maximum Gasteiger partial charge on any atom is 0.159 e. The van der Waals surface area contributed by atoms with Gasteiger partial charge in [0.25, 0.3) is 0 Å². The van der Waals surface area contributed by atoms with Crippen LogP contribution in [0.25, 0.3) is 0 Å². The van der Waals surface area contributed by atoms with Crippen LogP contribution in [0.15, 0.2) is 16.6 Å². The van der Waals surface area contributed by atoms with E-state index in [9.17, 15) is 13.2 Å². The zero-order valence-electron chi connectivity index (χ0n) is 6.40. The molecule has 1 unspecified atom stereocenters. The highest BCUT2D eigenvalue weighted by Gasteiger charge is 2.14. The molecular formula is C8H6BrF3O. The van der Waals surface area contributed by atoms with Gasteiger partial charge in [0.1, 0.15) is 12.8 Å². The third-order valence-corrected chi connectivity index (χ3v) is 2.23. The first kappa shape index (κ1) is 10.5. The van der Waals surface area contributed by atoms with Gasteiger partial charge in [-0.25, -0.2) is 13.2 Å². The Labute approximate surface area is 81.3 Å². The van der Waals surface area contributed by atoms with Crippen LogP contribution in [0.2, 0.25) is 0 Å². The SMILES string of the molecule is OC(CF)c1cc(F)c(F)cc1Br. The van der Waals surface area contributed by atoms with Crippen molar-refractivity contribution in [3.8, 4) is 0 Å². The number of benzene rings is 1. The fraction of sp³-hybridized carbons (Fsp3) is 0.250. The van der Waals surface area contributed by atoms with Gasteiger partial charge in [0, 0.05) is 10.0 Å². The summed E-state index contributed by atoms with van der Waals surface area (Å²) < 4.78 is 37.3. The molecule has 1 aromatic rings. The Balaban J connectivity index is 3.15. The highest BCUT2D eigenvalue weighted by atomic mass is 79.9. The molecule has 0 amide bonds. The molecule has 1 nitrogen and oxygen atoms in total. The Morgan fingerprint density at radius 1 is 1.31 bits per heavy atom. The maximum absolute atomic E-state index is 12.6. The Morgan fingerprint density at radius 2 is 1.85 bits per heavy atom. The van der Waals surface area contributed by atoms with Crippen LogP contribution < -0.4 is 0 Å². The molecule has 1 rings (SSSR count). The van der Waals surface area contributed by atoms with Gasteiger partial charge >= 0.3 is 0 Å². The lowest BCUT2D eigenvalue weighted by Crippen LogP contribution is -2.02. The Hall–Kier alpha value is -0.550. The number of aliphatic hydroxyl groups excluding tert-OH is 1. The summed E-state index contributed by atoms with van der Waals surface area (Å²) in [5.41, 5.74) is 0.00130. The molecule has 0 aromatic heterocycles. The van der Waals surface area contributed by atoms with Gasteiger partial charge in [-0.2, -0.15) is 0 Å². The molecule has 0 aliphatic heterocycles. The second-order valence-corrected chi connectivity index (χ2v) is 3.31. The molecule has 1 atom stereocenters. The van der Waals surface area contributed by atoms with E-state index in [0.717, 1.165) is 12.1 Å². The van der Waals surface area contributed by atoms with Crippen molar-refractivity contribution in [1.82, 2.24) is 0 Å². The third kappa shape index (κ3) is 2.22. The van der Waals surface area contributed by atoms with E-state index >= 15 is 0 Å². The number of hydrogen-bond acceptors (Lipinski definition) is 1. The minimum Gasteiger partial charge on any atom is -0.386 e. The molecule has 0 spiro atoms. The molecule has 0 aliphatic carbocycles. The molecule has 72 valence electrons. The van der Waals surface area contributed by atoms with Crippen LogP contribution in [0.1, 0.15) is 11.7 Å². The van der Waals surface area contributed by atoms with E-state index < -0.39 is 24.4 Å². The molecule has 1 N–H and O–H groups in total. The molecule has 0 radical (unpaired) electrons. The van der Waals surface area contributed by atoms with E-state index in [0.29, 0.717) is 0 Å². The molecule has 0 saturated heterocycles. The van der Waals surface area contributed by atoms with E-state index in [1.165, 1.54) is 0 Å². The lowest BCUT2D eigenvalue weighted by Gasteiger charge is -2.08. The standard InChI is InChI=1S/C8H6BrF3O/c9-5-2-7(12)6(11)1-4(5)8(13)3-10/h1-2,8,13H,3H2. The highest BCUT2D eigenvalue weighted by Crippen LogP contribution is 2.26. The van der Waals surface area contributed by atoms with Gasteiger partial charge < -0.3 is 5.11 Å². The van der Waals surface area contributed by atoms with Crippen LogP contribution in [0.5, 0.6) is 0 Å². The average Bonchev–Trinajstić information content (AvgIpc) is 2.10. The molecule has 13 heavy (non-hydrogen) atoms. The van der Waals surface area contributed by atoms with Crippen LogP contribution in [-0.2, 0) is 0 Å². The predicted molar refractivity (Wildman–Crippen MR) is 45.0 cm³/mol. The average molecular weight is 255 g/mol. The normalized spacial score (nSPS) is 13.0. The fourth-order valence-electron chi connectivity index (χ4n) is 0.876. The number of hydrogen-bond donors (Lipinski definition) is 1. The molecule has 1 aromatic carbocycles. The van der Waals surface area contributed by atoms with Crippen molar-refractivity contribution < 1.29 is 18.3 Å². The van der Waals surface area contributed by atoms with E-state index in [1.54, 1.807) is 0 Å². The van der Waals surface area contributed by atoms with Crippen LogP contribution in [0.3, 0.4) is 0 Å². The Morgan fingerprint density at radius 3 is 2.38 bits per heavy atom. The van der Waals surface area contributed by atoms with E-state index in [4.69, 9.17) is 5.11 Å². The topological polar surface area (TPSA) is 20.2 Å². The third-order valence-electron chi connectivity index (χ3n) is 1.54. The van der Waals surface area contributed by atoms with Gasteiger partial charge in [0.2, 0.25) is 0 Å². The molecule has 0 saturated carbocycles. The number of halogens is 4. The van der Waals surface area contributed by atoms with Gasteiger partial charge in [0.15, 0.2) is 11.6 Å². The molecular weight excluding hydrogens is 249 g/mol. The molecule has 0 fully saturated rings. The van der Waals surface area contributed by atoms with Crippen molar-refractivity contribution >= 4 is 15.9 Å². The summed E-state index contributed by atoms with van der Waals surface area (Å²) in [7, 11) is 0. The number of rotatable bonds is 2. The van der Waals surface area contributed by atoms with Crippen molar-refractivity contribution in [2.75, 3.05) is 6.67 Å². The van der Waals surface area contributed by atoms with Crippen LogP contribution >= 0.6 is 15.9 Å². The quantitative estimate of drug-likeness (QED) is 0.805. The van der Waals surface area contributed by atoms with E-state index in [2.05, 4.69) is 15.9 Å². The molecule has 5 heteroatoms. The summed E-state index contributed by atoms with van der Waals surface area (Å²) in [6.07, 6.45) is -1.43. The zero-order valence-corrected chi connectivity index (χ0v) is 7.98.